The van der Waals surface area contributed by atoms with Gasteiger partial charge in [0, 0.05) is 30.4 Å². The predicted molar refractivity (Wildman–Crippen MR) is 136 cm³/mol. The monoisotopic (exact) mass is 486 g/mol. The zero-order valence-corrected chi connectivity index (χ0v) is 20.6. The number of hydrogen-bond acceptors (Lipinski definition) is 6. The van der Waals surface area contributed by atoms with Gasteiger partial charge in [0.1, 0.15) is 16.8 Å². The SMILES string of the molecule is CC(C)Oc1ccc(-c2ncc(-c3cccc4c3CC/C4=N/C(=O)N3CCOCC3)s2)cc1C#N. The van der Waals surface area contributed by atoms with Crippen LogP contribution in [-0.4, -0.2) is 54.0 Å². The van der Waals surface area contributed by atoms with Crippen LogP contribution >= 0.6 is 11.3 Å². The number of morpholine rings is 1. The Labute approximate surface area is 208 Å². The van der Waals surface area contributed by atoms with Crippen molar-refractivity contribution < 1.29 is 14.3 Å². The summed E-state index contributed by atoms with van der Waals surface area (Å²) in [5.41, 5.74) is 5.60. The van der Waals surface area contributed by atoms with Crippen LogP contribution in [0.25, 0.3) is 21.0 Å². The highest BCUT2D eigenvalue weighted by atomic mass is 32.1. The van der Waals surface area contributed by atoms with Crippen molar-refractivity contribution in [1.29, 1.82) is 5.26 Å². The van der Waals surface area contributed by atoms with Gasteiger partial charge in [-0.3, -0.25) is 0 Å². The first-order chi connectivity index (χ1) is 17.0. The number of urea groups is 1. The molecule has 0 N–H and O–H groups in total. The van der Waals surface area contributed by atoms with Gasteiger partial charge in [-0.1, -0.05) is 18.2 Å². The molecule has 0 radical (unpaired) electrons. The maximum Gasteiger partial charge on any atom is 0.343 e. The minimum atomic E-state index is -0.181. The average Bonchev–Trinajstić information content (AvgIpc) is 3.52. The fourth-order valence-electron chi connectivity index (χ4n) is 4.43. The number of nitriles is 1. The Morgan fingerprint density at radius 1 is 1.20 bits per heavy atom. The van der Waals surface area contributed by atoms with Gasteiger partial charge in [-0.2, -0.15) is 10.3 Å². The first-order valence-corrected chi connectivity index (χ1v) is 12.6. The summed E-state index contributed by atoms with van der Waals surface area (Å²) in [5.74, 6) is 0.586. The van der Waals surface area contributed by atoms with E-state index in [-0.39, 0.29) is 12.1 Å². The molecular weight excluding hydrogens is 460 g/mol. The van der Waals surface area contributed by atoms with Gasteiger partial charge in [-0.25, -0.2) is 9.78 Å². The normalized spacial score (nSPS) is 16.4. The lowest BCUT2D eigenvalue weighted by atomic mass is 10.0. The molecule has 0 spiro atoms. The molecule has 2 aliphatic rings. The predicted octanol–water partition coefficient (Wildman–Crippen LogP) is 5.32. The molecule has 2 heterocycles. The highest BCUT2D eigenvalue weighted by Crippen LogP contribution is 2.38. The molecule has 7 nitrogen and oxygen atoms in total. The van der Waals surface area contributed by atoms with Crippen LogP contribution in [0.3, 0.4) is 0 Å². The molecule has 35 heavy (non-hydrogen) atoms. The zero-order valence-electron chi connectivity index (χ0n) is 19.8. The second-order valence-corrected chi connectivity index (χ2v) is 9.82. The van der Waals surface area contributed by atoms with Crippen molar-refractivity contribution in [2.24, 2.45) is 4.99 Å². The van der Waals surface area contributed by atoms with Crippen molar-refractivity contribution >= 4 is 23.1 Å². The van der Waals surface area contributed by atoms with E-state index >= 15 is 0 Å². The fraction of sp³-hybridized carbons (Fsp3) is 0.333. The Morgan fingerprint density at radius 2 is 2.00 bits per heavy atom. The number of aliphatic imine (C=N–C) groups is 1. The van der Waals surface area contributed by atoms with Crippen LogP contribution in [0.5, 0.6) is 5.75 Å². The van der Waals surface area contributed by atoms with E-state index < -0.39 is 0 Å². The quantitative estimate of drug-likeness (QED) is 0.498. The van der Waals surface area contributed by atoms with E-state index in [1.807, 2.05) is 50.4 Å². The number of nitrogens with zero attached hydrogens (tertiary/aromatic N) is 4. The third kappa shape index (κ3) is 4.83. The number of thiazole rings is 1. The number of hydrogen-bond donors (Lipinski definition) is 0. The molecule has 3 aromatic rings. The Bertz CT molecular complexity index is 1330. The summed E-state index contributed by atoms with van der Waals surface area (Å²) in [6.45, 7) is 6.18. The van der Waals surface area contributed by atoms with Crippen molar-refractivity contribution in [2.75, 3.05) is 26.3 Å². The molecule has 1 aliphatic heterocycles. The lowest BCUT2D eigenvalue weighted by Crippen LogP contribution is -2.39. The number of amides is 2. The van der Waals surface area contributed by atoms with Gasteiger partial charge in [-0.15, -0.1) is 11.3 Å². The number of carbonyl (C=O) groups excluding carboxylic acids is 1. The van der Waals surface area contributed by atoms with E-state index in [0.29, 0.717) is 37.6 Å². The number of benzene rings is 2. The Hall–Kier alpha value is -3.54. The van der Waals surface area contributed by atoms with Crippen LogP contribution in [0.1, 0.15) is 37.0 Å². The number of carbonyl (C=O) groups is 1. The fourth-order valence-corrected chi connectivity index (χ4v) is 5.40. The van der Waals surface area contributed by atoms with Gasteiger partial charge in [0.05, 0.1) is 35.5 Å². The average molecular weight is 487 g/mol. The van der Waals surface area contributed by atoms with Gasteiger partial charge in [0.15, 0.2) is 0 Å². The van der Waals surface area contributed by atoms with Crippen molar-refractivity contribution in [3.63, 3.8) is 0 Å². The van der Waals surface area contributed by atoms with Crippen molar-refractivity contribution in [3.8, 4) is 32.8 Å². The van der Waals surface area contributed by atoms with E-state index in [0.717, 1.165) is 45.1 Å². The van der Waals surface area contributed by atoms with Crippen LogP contribution < -0.4 is 4.74 Å². The van der Waals surface area contributed by atoms with Crippen LogP contribution in [-0.2, 0) is 11.2 Å². The molecule has 178 valence electrons. The molecule has 1 saturated heterocycles. The maximum absolute atomic E-state index is 12.7. The zero-order chi connectivity index (χ0) is 24.4. The largest absolute Gasteiger partial charge is 0.490 e. The number of fused-ring (bicyclic) bond motifs is 1. The van der Waals surface area contributed by atoms with Crippen molar-refractivity contribution in [2.45, 2.75) is 32.8 Å². The van der Waals surface area contributed by atoms with E-state index in [2.05, 4.69) is 22.1 Å². The molecule has 2 aromatic carbocycles. The summed E-state index contributed by atoms with van der Waals surface area (Å²) in [4.78, 5) is 24.6. The van der Waals surface area contributed by atoms with Gasteiger partial charge < -0.3 is 14.4 Å². The minimum absolute atomic E-state index is 0.00261. The summed E-state index contributed by atoms with van der Waals surface area (Å²) in [6.07, 6.45) is 3.47. The Morgan fingerprint density at radius 3 is 2.77 bits per heavy atom. The third-order valence-corrected chi connectivity index (χ3v) is 7.17. The summed E-state index contributed by atoms with van der Waals surface area (Å²) >= 11 is 1.59. The number of rotatable bonds is 4. The molecular formula is C27H26N4O3S. The Kier molecular flexibility index (Phi) is 6.62. The van der Waals surface area contributed by atoms with Gasteiger partial charge in [0.25, 0.3) is 0 Å². The number of aromatic nitrogens is 1. The minimum Gasteiger partial charge on any atom is -0.490 e. The summed E-state index contributed by atoms with van der Waals surface area (Å²) in [7, 11) is 0. The van der Waals surface area contributed by atoms with Crippen LogP contribution in [0.15, 0.2) is 47.6 Å². The van der Waals surface area contributed by atoms with E-state index in [1.54, 1.807) is 16.2 Å². The number of ether oxygens (including phenoxy) is 2. The lowest BCUT2D eigenvalue weighted by molar-refractivity contribution is 0.0555. The first-order valence-electron chi connectivity index (χ1n) is 11.8. The summed E-state index contributed by atoms with van der Waals surface area (Å²) < 4.78 is 11.1. The Balaban J connectivity index is 1.42. The lowest BCUT2D eigenvalue weighted by Gasteiger charge is -2.24. The molecule has 0 saturated carbocycles. The summed E-state index contributed by atoms with van der Waals surface area (Å²) in [6, 6.07) is 13.8. The topological polar surface area (TPSA) is 87.8 Å². The smallest absolute Gasteiger partial charge is 0.343 e. The van der Waals surface area contributed by atoms with Gasteiger partial charge in [-0.05, 0) is 56.0 Å². The first kappa shape index (κ1) is 23.2. The molecule has 5 rings (SSSR count). The standard InChI is InChI=1S/C27H26N4O3S/c1-17(2)34-24-9-6-18(14-19(24)15-28)26-29-16-25(35-26)22-5-3-4-21-20(22)7-8-23(21)30-27(32)31-10-12-33-13-11-31/h3-6,9,14,16-17H,7-8,10-13H2,1-2H3/b30-23-. The molecule has 2 amide bonds. The van der Waals surface area contributed by atoms with Crippen molar-refractivity contribution in [1.82, 2.24) is 9.88 Å². The molecule has 0 unspecified atom stereocenters. The van der Waals surface area contributed by atoms with Gasteiger partial charge in [0.2, 0.25) is 0 Å². The maximum atomic E-state index is 12.7. The molecule has 1 aromatic heterocycles. The van der Waals surface area contributed by atoms with E-state index in [4.69, 9.17) is 9.47 Å². The third-order valence-electron chi connectivity index (χ3n) is 6.09. The van der Waals surface area contributed by atoms with E-state index in [1.165, 1.54) is 5.56 Å². The van der Waals surface area contributed by atoms with E-state index in [9.17, 15) is 10.1 Å². The highest BCUT2D eigenvalue weighted by molar-refractivity contribution is 7.18. The second-order valence-electron chi connectivity index (χ2n) is 8.79. The molecule has 1 fully saturated rings. The summed E-state index contributed by atoms with van der Waals surface area (Å²) in [5, 5.41) is 10.4. The molecule has 1 aliphatic carbocycles. The molecule has 0 atom stereocenters. The van der Waals surface area contributed by atoms with Crippen LogP contribution in [0, 0.1) is 11.3 Å². The van der Waals surface area contributed by atoms with Crippen LogP contribution in [0.2, 0.25) is 0 Å². The van der Waals surface area contributed by atoms with Gasteiger partial charge >= 0.3 is 6.03 Å². The highest BCUT2D eigenvalue weighted by Gasteiger charge is 2.25. The van der Waals surface area contributed by atoms with Crippen molar-refractivity contribution in [3.05, 3.63) is 59.3 Å². The molecule has 0 bridgehead atoms. The molecule has 8 heteroatoms. The van der Waals surface area contributed by atoms with Crippen LogP contribution in [0.4, 0.5) is 4.79 Å². The second kappa shape index (κ2) is 9.98.